The highest BCUT2D eigenvalue weighted by Crippen LogP contribution is 2.25. The molecular weight excluding hydrogens is 174 g/mol. The van der Waals surface area contributed by atoms with Crippen molar-refractivity contribution in [3.8, 4) is 0 Å². The number of rotatable bonds is 4. The first-order valence-electron chi connectivity index (χ1n) is 6.05. The van der Waals surface area contributed by atoms with Crippen LogP contribution in [0.15, 0.2) is 0 Å². The SMILES string of the molecule is CC(C)COC1CCCCCC1CN. The van der Waals surface area contributed by atoms with Crippen molar-refractivity contribution in [1.82, 2.24) is 0 Å². The van der Waals surface area contributed by atoms with Gasteiger partial charge in [0.15, 0.2) is 0 Å². The predicted octanol–water partition coefficient (Wildman–Crippen LogP) is 2.57. The lowest BCUT2D eigenvalue weighted by Gasteiger charge is -2.25. The average Bonchev–Trinajstić information content (AvgIpc) is 2.38. The zero-order chi connectivity index (χ0) is 10.4. The molecule has 1 aliphatic rings. The lowest BCUT2D eigenvalue weighted by Crippen LogP contribution is -2.30. The molecule has 0 heterocycles. The standard InChI is InChI=1S/C12H25NO/c1-10(2)9-14-12-7-5-3-4-6-11(12)8-13/h10-12H,3-9,13H2,1-2H3. The summed E-state index contributed by atoms with van der Waals surface area (Å²) in [6.07, 6.45) is 6.93. The van der Waals surface area contributed by atoms with Gasteiger partial charge in [-0.05, 0) is 31.2 Å². The van der Waals surface area contributed by atoms with Crippen LogP contribution in [0.5, 0.6) is 0 Å². The van der Waals surface area contributed by atoms with Gasteiger partial charge in [0.1, 0.15) is 0 Å². The quantitative estimate of drug-likeness (QED) is 0.706. The summed E-state index contributed by atoms with van der Waals surface area (Å²) in [4.78, 5) is 0. The Morgan fingerprint density at radius 2 is 1.93 bits per heavy atom. The normalized spacial score (nSPS) is 29.1. The second-order valence-corrected chi connectivity index (χ2v) is 4.90. The van der Waals surface area contributed by atoms with Crippen molar-refractivity contribution in [2.45, 2.75) is 52.1 Å². The smallest absolute Gasteiger partial charge is 0.0615 e. The Morgan fingerprint density at radius 1 is 1.21 bits per heavy atom. The van der Waals surface area contributed by atoms with Gasteiger partial charge in [0, 0.05) is 6.61 Å². The average molecular weight is 199 g/mol. The Morgan fingerprint density at radius 3 is 2.57 bits per heavy atom. The van der Waals surface area contributed by atoms with E-state index in [4.69, 9.17) is 10.5 Å². The van der Waals surface area contributed by atoms with Crippen molar-refractivity contribution in [2.24, 2.45) is 17.6 Å². The van der Waals surface area contributed by atoms with E-state index in [2.05, 4.69) is 13.8 Å². The highest BCUT2D eigenvalue weighted by molar-refractivity contribution is 4.75. The topological polar surface area (TPSA) is 35.2 Å². The van der Waals surface area contributed by atoms with Crippen LogP contribution in [-0.2, 0) is 4.74 Å². The van der Waals surface area contributed by atoms with Gasteiger partial charge in [-0.15, -0.1) is 0 Å². The fraction of sp³-hybridized carbons (Fsp3) is 1.00. The van der Waals surface area contributed by atoms with Crippen LogP contribution in [0.1, 0.15) is 46.0 Å². The van der Waals surface area contributed by atoms with Gasteiger partial charge in [-0.3, -0.25) is 0 Å². The van der Waals surface area contributed by atoms with Gasteiger partial charge in [0.25, 0.3) is 0 Å². The first-order chi connectivity index (χ1) is 6.74. The van der Waals surface area contributed by atoms with E-state index in [9.17, 15) is 0 Å². The molecule has 0 aliphatic heterocycles. The van der Waals surface area contributed by atoms with Crippen molar-refractivity contribution < 1.29 is 4.74 Å². The van der Waals surface area contributed by atoms with Crippen molar-refractivity contribution >= 4 is 0 Å². The van der Waals surface area contributed by atoms with E-state index < -0.39 is 0 Å². The molecular formula is C12H25NO. The van der Waals surface area contributed by atoms with Gasteiger partial charge in [-0.25, -0.2) is 0 Å². The molecule has 1 rings (SSSR count). The fourth-order valence-corrected chi connectivity index (χ4v) is 2.16. The largest absolute Gasteiger partial charge is 0.378 e. The molecule has 2 nitrogen and oxygen atoms in total. The van der Waals surface area contributed by atoms with Gasteiger partial charge < -0.3 is 10.5 Å². The van der Waals surface area contributed by atoms with E-state index in [0.717, 1.165) is 13.2 Å². The Labute approximate surface area is 88.2 Å². The first kappa shape index (κ1) is 12.0. The van der Waals surface area contributed by atoms with E-state index in [1.807, 2.05) is 0 Å². The number of hydrogen-bond donors (Lipinski definition) is 1. The molecule has 0 amide bonds. The number of hydrogen-bond acceptors (Lipinski definition) is 2. The highest BCUT2D eigenvalue weighted by Gasteiger charge is 2.23. The molecule has 0 aromatic rings. The Bertz CT molecular complexity index is 147. The van der Waals surface area contributed by atoms with Crippen LogP contribution in [0.2, 0.25) is 0 Å². The lowest BCUT2D eigenvalue weighted by molar-refractivity contribution is -0.00305. The van der Waals surface area contributed by atoms with Crippen LogP contribution in [0, 0.1) is 11.8 Å². The molecule has 84 valence electrons. The number of nitrogens with two attached hydrogens (primary N) is 1. The predicted molar refractivity (Wildman–Crippen MR) is 60.2 cm³/mol. The van der Waals surface area contributed by atoms with Crippen molar-refractivity contribution in [3.05, 3.63) is 0 Å². The molecule has 0 aromatic heterocycles. The van der Waals surface area contributed by atoms with Crippen LogP contribution in [0.25, 0.3) is 0 Å². The molecule has 2 unspecified atom stereocenters. The second-order valence-electron chi connectivity index (χ2n) is 4.90. The molecule has 0 aromatic carbocycles. The van der Waals surface area contributed by atoms with Crippen LogP contribution in [0.3, 0.4) is 0 Å². The molecule has 1 aliphatic carbocycles. The zero-order valence-electron chi connectivity index (χ0n) is 9.67. The van der Waals surface area contributed by atoms with Crippen LogP contribution in [0.4, 0.5) is 0 Å². The van der Waals surface area contributed by atoms with E-state index in [1.54, 1.807) is 0 Å². The van der Waals surface area contributed by atoms with Crippen LogP contribution < -0.4 is 5.73 Å². The third-order valence-electron chi connectivity index (χ3n) is 3.04. The van der Waals surface area contributed by atoms with Gasteiger partial charge >= 0.3 is 0 Å². The van der Waals surface area contributed by atoms with E-state index in [0.29, 0.717) is 17.9 Å². The Balaban J connectivity index is 2.36. The maximum Gasteiger partial charge on any atom is 0.0615 e. The molecule has 0 bridgehead atoms. The minimum absolute atomic E-state index is 0.435. The number of ether oxygens (including phenoxy) is 1. The molecule has 2 N–H and O–H groups in total. The lowest BCUT2D eigenvalue weighted by atomic mass is 9.97. The molecule has 14 heavy (non-hydrogen) atoms. The van der Waals surface area contributed by atoms with E-state index in [-0.39, 0.29) is 0 Å². The minimum Gasteiger partial charge on any atom is -0.378 e. The summed E-state index contributed by atoms with van der Waals surface area (Å²) >= 11 is 0. The van der Waals surface area contributed by atoms with Crippen LogP contribution in [-0.4, -0.2) is 19.3 Å². The summed E-state index contributed by atoms with van der Waals surface area (Å²) in [5.74, 6) is 1.24. The van der Waals surface area contributed by atoms with Crippen molar-refractivity contribution in [1.29, 1.82) is 0 Å². The third-order valence-corrected chi connectivity index (χ3v) is 3.04. The second kappa shape index (κ2) is 6.41. The molecule has 1 fully saturated rings. The maximum atomic E-state index is 5.95. The summed E-state index contributed by atoms with van der Waals surface area (Å²) < 4.78 is 5.95. The maximum absolute atomic E-state index is 5.95. The summed E-state index contributed by atoms with van der Waals surface area (Å²) in [7, 11) is 0. The molecule has 0 spiro atoms. The summed E-state index contributed by atoms with van der Waals surface area (Å²) in [5.41, 5.74) is 5.79. The van der Waals surface area contributed by atoms with Gasteiger partial charge in [0.2, 0.25) is 0 Å². The Hall–Kier alpha value is -0.0800. The summed E-state index contributed by atoms with van der Waals surface area (Å²) in [6, 6.07) is 0. The van der Waals surface area contributed by atoms with Crippen molar-refractivity contribution in [3.63, 3.8) is 0 Å². The summed E-state index contributed by atoms with van der Waals surface area (Å²) in [6.45, 7) is 6.09. The summed E-state index contributed by atoms with van der Waals surface area (Å²) in [5, 5.41) is 0. The zero-order valence-corrected chi connectivity index (χ0v) is 9.67. The Kier molecular flexibility index (Phi) is 5.49. The van der Waals surface area contributed by atoms with Crippen LogP contribution >= 0.6 is 0 Å². The van der Waals surface area contributed by atoms with E-state index in [1.165, 1.54) is 32.1 Å². The van der Waals surface area contributed by atoms with Gasteiger partial charge in [-0.2, -0.15) is 0 Å². The molecule has 2 atom stereocenters. The van der Waals surface area contributed by atoms with Crippen molar-refractivity contribution in [2.75, 3.05) is 13.2 Å². The first-order valence-corrected chi connectivity index (χ1v) is 6.05. The molecule has 0 radical (unpaired) electrons. The molecule has 0 saturated heterocycles. The monoisotopic (exact) mass is 199 g/mol. The van der Waals surface area contributed by atoms with E-state index >= 15 is 0 Å². The fourth-order valence-electron chi connectivity index (χ4n) is 2.16. The minimum atomic E-state index is 0.435. The molecule has 2 heteroatoms. The van der Waals surface area contributed by atoms with Gasteiger partial charge in [-0.1, -0.05) is 33.1 Å². The third kappa shape index (κ3) is 3.97. The molecule has 1 saturated carbocycles. The highest BCUT2D eigenvalue weighted by atomic mass is 16.5. The van der Waals surface area contributed by atoms with Gasteiger partial charge in [0.05, 0.1) is 6.10 Å².